The highest BCUT2D eigenvalue weighted by molar-refractivity contribution is 5.76. The molecule has 0 fully saturated rings. The minimum Gasteiger partial charge on any atom is -0.466 e. The Bertz CT molecular complexity index is 1170. The number of hydrogen-bond donors (Lipinski definition) is 3. The van der Waals surface area contributed by atoms with Crippen LogP contribution in [-0.4, -0.2) is 47.4 Å². The van der Waals surface area contributed by atoms with Crippen molar-refractivity contribution < 1.29 is 24.5 Å². The first kappa shape index (κ1) is 73.3. The average molecular weight is 1060 g/mol. The van der Waals surface area contributed by atoms with E-state index in [-0.39, 0.29) is 18.5 Å². The summed E-state index contributed by atoms with van der Waals surface area (Å²) in [6, 6.07) is -0.626. The largest absolute Gasteiger partial charge is 0.466 e. The maximum atomic E-state index is 12.5. The Labute approximate surface area is 469 Å². The van der Waals surface area contributed by atoms with Gasteiger partial charge in [0, 0.05) is 12.8 Å². The van der Waals surface area contributed by atoms with Crippen molar-refractivity contribution in [2.24, 2.45) is 0 Å². The molecule has 444 valence electrons. The standard InChI is InChI=1S/C69H133NO5/c1-3-5-7-9-11-13-15-17-18-19-28-31-34-38-41-45-49-53-57-61-67(72)66(65-71)70-68(73)62-58-54-50-46-42-39-35-32-29-26-24-22-20-21-23-25-27-30-33-36-40-44-48-52-56-60-64-75-69(74)63-59-55-51-47-43-37-16-14-12-10-8-6-4-2/h14,16,57,61,66-67,71-72H,3-13,15,17-56,58-60,62-65H2,1-2H3,(H,70,73)/b16-14-,61-57+. The van der Waals surface area contributed by atoms with Gasteiger partial charge in [-0.15, -0.1) is 0 Å². The van der Waals surface area contributed by atoms with Crippen molar-refractivity contribution in [2.45, 2.75) is 392 Å². The fourth-order valence-corrected chi connectivity index (χ4v) is 10.7. The first-order valence-electron chi connectivity index (χ1n) is 34.1. The van der Waals surface area contributed by atoms with E-state index in [1.165, 1.54) is 308 Å². The van der Waals surface area contributed by atoms with Gasteiger partial charge in [0.25, 0.3) is 0 Å². The number of esters is 1. The monoisotopic (exact) mass is 1060 g/mol. The number of aliphatic hydroxyl groups excluding tert-OH is 2. The van der Waals surface area contributed by atoms with Crippen molar-refractivity contribution in [3.8, 4) is 0 Å². The minimum absolute atomic E-state index is 0.00813. The normalized spacial score (nSPS) is 12.6. The second-order valence-electron chi connectivity index (χ2n) is 23.5. The van der Waals surface area contributed by atoms with E-state index in [0.29, 0.717) is 19.4 Å². The number of carbonyl (C=O) groups is 2. The topological polar surface area (TPSA) is 95.9 Å². The molecule has 0 saturated heterocycles. The molecule has 2 unspecified atom stereocenters. The highest BCUT2D eigenvalue weighted by atomic mass is 16.5. The number of allylic oxidation sites excluding steroid dienone is 3. The number of aliphatic hydroxyl groups is 2. The predicted molar refractivity (Wildman–Crippen MR) is 329 cm³/mol. The summed E-state index contributed by atoms with van der Waals surface area (Å²) in [5, 5.41) is 23.2. The lowest BCUT2D eigenvalue weighted by molar-refractivity contribution is -0.143. The number of amides is 1. The van der Waals surface area contributed by atoms with Gasteiger partial charge in [-0.2, -0.15) is 0 Å². The molecule has 0 aromatic rings. The van der Waals surface area contributed by atoms with Crippen molar-refractivity contribution in [2.75, 3.05) is 13.2 Å². The fourth-order valence-electron chi connectivity index (χ4n) is 10.7. The third-order valence-electron chi connectivity index (χ3n) is 16.0. The lowest BCUT2D eigenvalue weighted by Gasteiger charge is -2.20. The lowest BCUT2D eigenvalue weighted by atomic mass is 10.0. The molecule has 3 N–H and O–H groups in total. The Morgan fingerprint density at radius 3 is 0.960 bits per heavy atom. The van der Waals surface area contributed by atoms with Crippen LogP contribution in [0.1, 0.15) is 380 Å². The molecule has 2 atom stereocenters. The zero-order chi connectivity index (χ0) is 54.3. The summed E-state index contributed by atoms with van der Waals surface area (Å²) in [5.74, 6) is -0.0542. The predicted octanol–water partition coefficient (Wildman–Crippen LogP) is 21.8. The summed E-state index contributed by atoms with van der Waals surface area (Å²) in [5.41, 5.74) is 0. The Hall–Kier alpha value is -1.66. The van der Waals surface area contributed by atoms with E-state index in [9.17, 15) is 19.8 Å². The molecule has 1 amide bonds. The third kappa shape index (κ3) is 61.4. The quantitative estimate of drug-likeness (QED) is 0.0320. The summed E-state index contributed by atoms with van der Waals surface area (Å²) in [6.45, 7) is 4.92. The molecule has 6 heteroatoms. The summed E-state index contributed by atoms with van der Waals surface area (Å²) in [6.07, 6.45) is 81.0. The van der Waals surface area contributed by atoms with Crippen LogP contribution < -0.4 is 5.32 Å². The van der Waals surface area contributed by atoms with Gasteiger partial charge in [0.15, 0.2) is 0 Å². The van der Waals surface area contributed by atoms with E-state index in [2.05, 4.69) is 31.3 Å². The number of nitrogens with one attached hydrogen (secondary N) is 1. The Balaban J connectivity index is 3.38. The van der Waals surface area contributed by atoms with Crippen molar-refractivity contribution in [3.05, 3.63) is 24.3 Å². The maximum absolute atomic E-state index is 12.5. The van der Waals surface area contributed by atoms with Gasteiger partial charge in [-0.25, -0.2) is 0 Å². The van der Waals surface area contributed by atoms with Gasteiger partial charge in [0.1, 0.15) is 0 Å². The van der Waals surface area contributed by atoms with Crippen molar-refractivity contribution in [1.29, 1.82) is 0 Å². The fraction of sp³-hybridized carbons (Fsp3) is 0.913. The second-order valence-corrected chi connectivity index (χ2v) is 23.5. The van der Waals surface area contributed by atoms with Crippen molar-refractivity contribution in [1.82, 2.24) is 5.32 Å². The number of hydrogen-bond acceptors (Lipinski definition) is 5. The molecular formula is C69H133NO5. The molecule has 0 aromatic carbocycles. The van der Waals surface area contributed by atoms with E-state index in [1.807, 2.05) is 6.08 Å². The van der Waals surface area contributed by atoms with Crippen LogP contribution in [0.4, 0.5) is 0 Å². The van der Waals surface area contributed by atoms with Crippen LogP contribution in [0.5, 0.6) is 0 Å². The van der Waals surface area contributed by atoms with Crippen LogP contribution in [0.15, 0.2) is 24.3 Å². The van der Waals surface area contributed by atoms with Crippen LogP contribution >= 0.6 is 0 Å². The van der Waals surface area contributed by atoms with E-state index in [1.54, 1.807) is 6.08 Å². The lowest BCUT2D eigenvalue weighted by Crippen LogP contribution is -2.45. The summed E-state index contributed by atoms with van der Waals surface area (Å²) < 4.78 is 5.48. The summed E-state index contributed by atoms with van der Waals surface area (Å²) in [4.78, 5) is 24.5. The smallest absolute Gasteiger partial charge is 0.305 e. The summed E-state index contributed by atoms with van der Waals surface area (Å²) in [7, 11) is 0. The van der Waals surface area contributed by atoms with E-state index >= 15 is 0 Å². The molecule has 0 aromatic heterocycles. The molecule has 6 nitrogen and oxygen atoms in total. The SMILES string of the molecule is CCCCCC/C=C\CCCCCCCC(=O)OCCCCCCCCCCCCCCCCCCCCCCCCCCCCC(=O)NC(CO)C(O)/C=C/CCCCCCCCCCCCCCCCCCC. The van der Waals surface area contributed by atoms with Crippen molar-refractivity contribution >= 4 is 11.9 Å². The van der Waals surface area contributed by atoms with Crippen LogP contribution in [0.3, 0.4) is 0 Å². The molecule has 0 saturated carbocycles. The Morgan fingerprint density at radius 1 is 0.360 bits per heavy atom. The van der Waals surface area contributed by atoms with E-state index < -0.39 is 12.1 Å². The van der Waals surface area contributed by atoms with Gasteiger partial charge >= 0.3 is 5.97 Å². The van der Waals surface area contributed by atoms with Gasteiger partial charge < -0.3 is 20.3 Å². The highest BCUT2D eigenvalue weighted by Gasteiger charge is 2.18. The minimum atomic E-state index is -0.843. The molecule has 75 heavy (non-hydrogen) atoms. The molecule has 0 aliphatic rings. The molecular weight excluding hydrogens is 923 g/mol. The number of ether oxygens (including phenoxy) is 1. The van der Waals surface area contributed by atoms with Crippen LogP contribution in [0.2, 0.25) is 0 Å². The highest BCUT2D eigenvalue weighted by Crippen LogP contribution is 2.19. The molecule has 0 radical (unpaired) electrons. The second kappa shape index (κ2) is 64.9. The average Bonchev–Trinajstić information content (AvgIpc) is 3.41. The molecule has 0 heterocycles. The maximum Gasteiger partial charge on any atom is 0.305 e. The molecule has 0 bridgehead atoms. The first-order chi connectivity index (χ1) is 37.0. The summed E-state index contributed by atoms with van der Waals surface area (Å²) >= 11 is 0. The van der Waals surface area contributed by atoms with Crippen molar-refractivity contribution in [3.63, 3.8) is 0 Å². The van der Waals surface area contributed by atoms with Crippen LogP contribution in [-0.2, 0) is 14.3 Å². The Kier molecular flexibility index (Phi) is 63.4. The third-order valence-corrected chi connectivity index (χ3v) is 16.0. The van der Waals surface area contributed by atoms with Gasteiger partial charge in [-0.05, 0) is 57.8 Å². The first-order valence-corrected chi connectivity index (χ1v) is 34.1. The van der Waals surface area contributed by atoms with E-state index in [4.69, 9.17) is 4.74 Å². The van der Waals surface area contributed by atoms with Crippen LogP contribution in [0, 0.1) is 0 Å². The molecule has 0 aliphatic carbocycles. The molecule has 0 aliphatic heterocycles. The zero-order valence-electron chi connectivity index (χ0n) is 50.8. The number of rotatable bonds is 64. The van der Waals surface area contributed by atoms with Gasteiger partial charge in [0.2, 0.25) is 5.91 Å². The Morgan fingerprint density at radius 2 is 0.627 bits per heavy atom. The zero-order valence-corrected chi connectivity index (χ0v) is 50.8. The van der Waals surface area contributed by atoms with Crippen LogP contribution in [0.25, 0.3) is 0 Å². The number of carbonyl (C=O) groups excluding carboxylic acids is 2. The number of unbranched alkanes of at least 4 members (excludes halogenated alkanes) is 51. The van der Waals surface area contributed by atoms with E-state index in [0.717, 1.165) is 44.9 Å². The van der Waals surface area contributed by atoms with Gasteiger partial charge in [-0.1, -0.05) is 334 Å². The van der Waals surface area contributed by atoms with Gasteiger partial charge in [-0.3, -0.25) is 9.59 Å². The molecule has 0 rings (SSSR count). The van der Waals surface area contributed by atoms with Gasteiger partial charge in [0.05, 0.1) is 25.4 Å². The molecule has 0 spiro atoms.